The number of carboxylic acid groups (broad SMARTS) is 1. The number of hydrogen-bond donors (Lipinski definition) is 2. The number of fused-ring (bicyclic) bond motifs is 1. The van der Waals surface area contributed by atoms with E-state index in [4.69, 9.17) is 5.11 Å². The van der Waals surface area contributed by atoms with Gasteiger partial charge in [0.1, 0.15) is 5.56 Å². The number of hydrogen-bond acceptors (Lipinski definition) is 2. The smallest absolute Gasteiger partial charge is 0.341 e. The first-order valence-corrected chi connectivity index (χ1v) is 6.59. The Morgan fingerprint density at radius 2 is 2.05 bits per heavy atom. The second-order valence-electron chi connectivity index (χ2n) is 5.97. The van der Waals surface area contributed by atoms with E-state index in [1.807, 2.05) is 0 Å². The van der Waals surface area contributed by atoms with Gasteiger partial charge in [-0.3, -0.25) is 4.79 Å². The molecule has 20 heavy (non-hydrogen) atoms. The fourth-order valence-corrected chi connectivity index (χ4v) is 3.62. The second-order valence-corrected chi connectivity index (χ2v) is 5.97. The number of aromatic nitrogens is 1. The third kappa shape index (κ3) is 1.30. The van der Waals surface area contributed by atoms with Crippen molar-refractivity contribution in [2.75, 3.05) is 0 Å². The minimum absolute atomic E-state index is 0.0364. The number of carboxylic acids is 1. The molecule has 0 amide bonds. The van der Waals surface area contributed by atoms with Crippen LogP contribution in [-0.4, -0.2) is 16.1 Å². The van der Waals surface area contributed by atoms with Crippen LogP contribution in [0.3, 0.4) is 0 Å². The standard InChI is InChI=1S/C15H12FNO3/c16-11-10(15-4-7(5-15)6-15)2-1-8-3-9(14(19)20)13(18)17-12(8)11/h1-3,7H,4-6H2,(H,17,18)(H,19,20). The zero-order valence-electron chi connectivity index (χ0n) is 10.6. The van der Waals surface area contributed by atoms with Crippen molar-refractivity contribution >= 4 is 16.9 Å². The van der Waals surface area contributed by atoms with Gasteiger partial charge in [0.25, 0.3) is 5.56 Å². The summed E-state index contributed by atoms with van der Waals surface area (Å²) < 4.78 is 14.6. The molecule has 102 valence electrons. The number of halogens is 1. The Balaban J connectivity index is 1.95. The topological polar surface area (TPSA) is 70.2 Å². The van der Waals surface area contributed by atoms with Crippen molar-refractivity contribution in [2.24, 2.45) is 5.92 Å². The molecule has 1 aromatic carbocycles. The predicted molar refractivity (Wildman–Crippen MR) is 70.5 cm³/mol. The number of aromatic amines is 1. The lowest BCUT2D eigenvalue weighted by Crippen LogP contribution is -2.55. The van der Waals surface area contributed by atoms with E-state index in [2.05, 4.69) is 4.98 Å². The molecule has 3 aliphatic rings. The summed E-state index contributed by atoms with van der Waals surface area (Å²) in [6, 6.07) is 4.65. The third-order valence-electron chi connectivity index (χ3n) is 4.80. The molecular formula is C15H12FNO3. The number of pyridine rings is 1. The number of benzene rings is 1. The summed E-state index contributed by atoms with van der Waals surface area (Å²) in [4.78, 5) is 25.0. The van der Waals surface area contributed by atoms with E-state index in [-0.39, 0.29) is 16.5 Å². The maximum absolute atomic E-state index is 14.6. The van der Waals surface area contributed by atoms with E-state index < -0.39 is 17.3 Å². The van der Waals surface area contributed by atoms with Crippen molar-refractivity contribution in [3.63, 3.8) is 0 Å². The van der Waals surface area contributed by atoms with Crippen LogP contribution in [0.2, 0.25) is 0 Å². The Bertz CT molecular complexity index is 807. The maximum Gasteiger partial charge on any atom is 0.341 e. The van der Waals surface area contributed by atoms with Crippen LogP contribution < -0.4 is 5.56 Å². The third-order valence-corrected chi connectivity index (χ3v) is 4.80. The summed E-state index contributed by atoms with van der Waals surface area (Å²) in [6.45, 7) is 0. The Labute approximate surface area is 113 Å². The van der Waals surface area contributed by atoms with E-state index >= 15 is 0 Å². The lowest BCUT2D eigenvalue weighted by molar-refractivity contribution is -0.0298. The summed E-state index contributed by atoms with van der Waals surface area (Å²) in [5, 5.41) is 9.33. The molecule has 4 nitrogen and oxygen atoms in total. The average molecular weight is 273 g/mol. The van der Waals surface area contributed by atoms with Crippen molar-refractivity contribution in [3.8, 4) is 0 Å². The van der Waals surface area contributed by atoms with Crippen LogP contribution in [0.25, 0.3) is 10.9 Å². The largest absolute Gasteiger partial charge is 0.477 e. The number of H-pyrrole nitrogens is 1. The van der Waals surface area contributed by atoms with E-state index in [9.17, 15) is 14.0 Å². The van der Waals surface area contributed by atoms with E-state index in [1.165, 1.54) is 6.07 Å². The number of rotatable bonds is 2. The Morgan fingerprint density at radius 3 is 2.60 bits per heavy atom. The number of nitrogens with one attached hydrogen (secondary N) is 1. The van der Waals surface area contributed by atoms with Gasteiger partial charge in [-0.1, -0.05) is 12.1 Å². The molecule has 0 aliphatic heterocycles. The van der Waals surface area contributed by atoms with Gasteiger partial charge in [-0.25, -0.2) is 9.18 Å². The Kier molecular flexibility index (Phi) is 2.02. The van der Waals surface area contributed by atoms with Gasteiger partial charge in [0.2, 0.25) is 0 Å². The fourth-order valence-electron chi connectivity index (χ4n) is 3.62. The quantitative estimate of drug-likeness (QED) is 0.882. The summed E-state index contributed by atoms with van der Waals surface area (Å²) in [5.41, 5.74) is -0.395. The van der Waals surface area contributed by atoms with Crippen molar-refractivity contribution in [1.29, 1.82) is 0 Å². The van der Waals surface area contributed by atoms with E-state index in [0.29, 0.717) is 10.9 Å². The molecule has 0 saturated heterocycles. The van der Waals surface area contributed by atoms with Crippen molar-refractivity contribution in [1.82, 2.24) is 4.98 Å². The molecule has 5 rings (SSSR count). The molecule has 2 aromatic rings. The molecular weight excluding hydrogens is 261 g/mol. The molecule has 0 atom stereocenters. The van der Waals surface area contributed by atoms with Gasteiger partial charge >= 0.3 is 5.97 Å². The monoisotopic (exact) mass is 273 g/mol. The first-order chi connectivity index (χ1) is 9.50. The predicted octanol–water partition coefficient (Wildman–Crippen LogP) is 2.42. The fraction of sp³-hybridized carbons (Fsp3) is 0.333. The van der Waals surface area contributed by atoms with Crippen LogP contribution in [0.5, 0.6) is 0 Å². The van der Waals surface area contributed by atoms with E-state index in [0.717, 1.165) is 25.2 Å². The number of aromatic carboxylic acids is 1. The molecule has 2 N–H and O–H groups in total. The molecule has 1 heterocycles. The molecule has 0 radical (unpaired) electrons. The van der Waals surface area contributed by atoms with Crippen LogP contribution >= 0.6 is 0 Å². The summed E-state index contributed by atoms with van der Waals surface area (Å²) in [7, 11) is 0. The Hall–Kier alpha value is -2.17. The highest BCUT2D eigenvalue weighted by Crippen LogP contribution is 2.65. The molecule has 3 aliphatic carbocycles. The minimum atomic E-state index is -1.31. The van der Waals surface area contributed by atoms with Crippen molar-refractivity contribution < 1.29 is 14.3 Å². The normalized spacial score (nSPS) is 26.9. The molecule has 0 unspecified atom stereocenters. The highest BCUT2D eigenvalue weighted by Gasteiger charge is 2.58. The molecule has 0 spiro atoms. The molecule has 1 aromatic heterocycles. The minimum Gasteiger partial charge on any atom is -0.477 e. The van der Waals surface area contributed by atoms with Crippen LogP contribution in [0.1, 0.15) is 35.2 Å². The van der Waals surface area contributed by atoms with Crippen LogP contribution in [0.15, 0.2) is 23.0 Å². The van der Waals surface area contributed by atoms with Crippen molar-refractivity contribution in [3.05, 3.63) is 45.5 Å². The SMILES string of the molecule is O=C(O)c1cc2ccc(C34CC(C3)C4)c(F)c2[nH]c1=O. The Morgan fingerprint density at radius 1 is 1.35 bits per heavy atom. The molecule has 2 bridgehead atoms. The first-order valence-electron chi connectivity index (χ1n) is 6.59. The highest BCUT2D eigenvalue weighted by atomic mass is 19.1. The lowest BCUT2D eigenvalue weighted by Gasteiger charge is -2.62. The maximum atomic E-state index is 14.6. The number of carbonyl (C=O) groups is 1. The average Bonchev–Trinajstić information content (AvgIpc) is 2.28. The van der Waals surface area contributed by atoms with E-state index in [1.54, 1.807) is 12.1 Å². The summed E-state index contributed by atoms with van der Waals surface area (Å²) >= 11 is 0. The second kappa shape index (κ2) is 3.48. The lowest BCUT2D eigenvalue weighted by atomic mass is 9.42. The van der Waals surface area contributed by atoms with Gasteiger partial charge in [-0.15, -0.1) is 0 Å². The van der Waals surface area contributed by atoms with Gasteiger partial charge < -0.3 is 10.1 Å². The van der Waals surface area contributed by atoms with Gasteiger partial charge in [0.15, 0.2) is 5.82 Å². The summed E-state index contributed by atoms with van der Waals surface area (Å²) in [6.07, 6.45) is 3.06. The molecule has 3 fully saturated rings. The molecule has 3 saturated carbocycles. The van der Waals surface area contributed by atoms with Crippen LogP contribution in [0.4, 0.5) is 4.39 Å². The van der Waals surface area contributed by atoms with Gasteiger partial charge in [-0.05, 0) is 42.2 Å². The van der Waals surface area contributed by atoms with Crippen LogP contribution in [0, 0.1) is 11.7 Å². The van der Waals surface area contributed by atoms with Crippen LogP contribution in [-0.2, 0) is 5.41 Å². The molecule has 5 heteroatoms. The zero-order chi connectivity index (χ0) is 14.1. The van der Waals surface area contributed by atoms with Gasteiger partial charge in [0.05, 0.1) is 5.52 Å². The summed E-state index contributed by atoms with van der Waals surface area (Å²) in [5.74, 6) is -0.981. The van der Waals surface area contributed by atoms with Gasteiger partial charge in [-0.2, -0.15) is 0 Å². The highest BCUT2D eigenvalue weighted by molar-refractivity contribution is 5.92. The van der Waals surface area contributed by atoms with Crippen molar-refractivity contribution in [2.45, 2.75) is 24.7 Å². The zero-order valence-corrected chi connectivity index (χ0v) is 10.6. The first kappa shape index (κ1) is 11.6. The van der Waals surface area contributed by atoms with Gasteiger partial charge in [0, 0.05) is 5.39 Å².